The highest BCUT2D eigenvalue weighted by Crippen LogP contribution is 2.25. The minimum Gasteiger partial charge on any atom is -0.496 e. The molecule has 0 fully saturated rings. The van der Waals surface area contributed by atoms with Crippen LogP contribution in [-0.2, 0) is 6.61 Å². The minimum atomic E-state index is -0.0674. The van der Waals surface area contributed by atoms with Crippen molar-refractivity contribution in [2.45, 2.75) is 32.8 Å². The summed E-state index contributed by atoms with van der Waals surface area (Å²) in [5, 5.41) is 2.97. The summed E-state index contributed by atoms with van der Waals surface area (Å²) >= 11 is 0. The number of amides is 1. The van der Waals surface area contributed by atoms with E-state index in [0.717, 1.165) is 36.1 Å². The molecule has 0 saturated carbocycles. The van der Waals surface area contributed by atoms with Crippen molar-refractivity contribution in [1.29, 1.82) is 0 Å². The molecule has 0 aliphatic rings. The van der Waals surface area contributed by atoms with Crippen LogP contribution in [0.3, 0.4) is 0 Å². The largest absolute Gasteiger partial charge is 0.496 e. The molecule has 1 amide bonds. The third-order valence-corrected chi connectivity index (χ3v) is 4.96. The molecule has 0 unspecified atom stereocenters. The van der Waals surface area contributed by atoms with Gasteiger partial charge in [0, 0.05) is 17.7 Å². The molecule has 3 aromatic carbocycles. The fourth-order valence-electron chi connectivity index (χ4n) is 3.25. The van der Waals surface area contributed by atoms with Gasteiger partial charge in [0.1, 0.15) is 18.1 Å². The molecule has 4 heteroatoms. The molecule has 3 rings (SSSR count). The molecular weight excluding hydrogens is 374 g/mol. The van der Waals surface area contributed by atoms with Gasteiger partial charge in [0.2, 0.25) is 0 Å². The first-order chi connectivity index (χ1) is 14.7. The van der Waals surface area contributed by atoms with Crippen LogP contribution < -0.4 is 14.8 Å². The number of carbonyl (C=O) groups is 1. The number of ether oxygens (including phenoxy) is 2. The zero-order chi connectivity index (χ0) is 21.2. The van der Waals surface area contributed by atoms with E-state index in [4.69, 9.17) is 9.47 Å². The van der Waals surface area contributed by atoms with Crippen LogP contribution in [0.2, 0.25) is 0 Å². The van der Waals surface area contributed by atoms with Gasteiger partial charge in [-0.1, -0.05) is 62.2 Å². The van der Waals surface area contributed by atoms with Crippen LogP contribution in [0.15, 0.2) is 72.8 Å². The molecule has 0 heterocycles. The number of benzene rings is 3. The Hall–Kier alpha value is -3.27. The molecule has 0 atom stereocenters. The molecule has 0 spiro atoms. The van der Waals surface area contributed by atoms with Crippen molar-refractivity contribution >= 4 is 5.91 Å². The molecule has 30 heavy (non-hydrogen) atoms. The fourth-order valence-corrected chi connectivity index (χ4v) is 3.25. The highest BCUT2D eigenvalue weighted by molar-refractivity contribution is 5.94. The molecule has 0 aromatic heterocycles. The van der Waals surface area contributed by atoms with E-state index in [-0.39, 0.29) is 5.91 Å². The van der Waals surface area contributed by atoms with Crippen molar-refractivity contribution in [2.24, 2.45) is 0 Å². The number of nitrogens with one attached hydrogen (secondary N) is 1. The van der Waals surface area contributed by atoms with Gasteiger partial charge in [-0.15, -0.1) is 0 Å². The van der Waals surface area contributed by atoms with Gasteiger partial charge in [-0.3, -0.25) is 4.79 Å². The highest BCUT2D eigenvalue weighted by Gasteiger charge is 2.11. The molecule has 4 nitrogen and oxygen atoms in total. The standard InChI is InChI=1S/C26H29NO3/c1-3-4-8-17-27-26(28)22-13-16-25(29-2)23(18-22)19-30-24-14-11-21(12-15-24)20-9-6-5-7-10-20/h5-7,9-16,18H,3-4,8,17,19H2,1-2H3,(H,27,28). The predicted octanol–water partition coefficient (Wildman–Crippen LogP) is 5.86. The average Bonchev–Trinajstić information content (AvgIpc) is 2.81. The smallest absolute Gasteiger partial charge is 0.251 e. The molecule has 0 bridgehead atoms. The maximum absolute atomic E-state index is 12.4. The van der Waals surface area contributed by atoms with E-state index < -0.39 is 0 Å². The van der Waals surface area contributed by atoms with Crippen LogP contribution in [0.25, 0.3) is 11.1 Å². The number of hydrogen-bond acceptors (Lipinski definition) is 3. The van der Waals surface area contributed by atoms with E-state index in [1.165, 1.54) is 5.56 Å². The maximum Gasteiger partial charge on any atom is 0.251 e. The van der Waals surface area contributed by atoms with Crippen LogP contribution in [0.1, 0.15) is 42.1 Å². The van der Waals surface area contributed by atoms with Crippen LogP contribution in [-0.4, -0.2) is 19.6 Å². The van der Waals surface area contributed by atoms with E-state index in [1.54, 1.807) is 13.2 Å². The zero-order valence-electron chi connectivity index (χ0n) is 17.7. The molecule has 0 aliphatic heterocycles. The normalized spacial score (nSPS) is 10.5. The summed E-state index contributed by atoms with van der Waals surface area (Å²) in [7, 11) is 1.62. The van der Waals surface area contributed by atoms with Crippen molar-refractivity contribution in [1.82, 2.24) is 5.32 Å². The SMILES string of the molecule is CCCCCNC(=O)c1ccc(OC)c(COc2ccc(-c3ccccc3)cc2)c1. The summed E-state index contributed by atoms with van der Waals surface area (Å²) in [5.41, 5.74) is 3.77. The second kappa shape index (κ2) is 11.1. The zero-order valence-corrected chi connectivity index (χ0v) is 17.7. The lowest BCUT2D eigenvalue weighted by atomic mass is 10.1. The summed E-state index contributed by atoms with van der Waals surface area (Å²) in [4.78, 5) is 12.4. The molecule has 3 aromatic rings. The monoisotopic (exact) mass is 403 g/mol. The van der Waals surface area contributed by atoms with Gasteiger partial charge >= 0.3 is 0 Å². The Bertz CT molecular complexity index is 936. The van der Waals surface area contributed by atoms with Crippen molar-refractivity contribution in [3.8, 4) is 22.6 Å². The van der Waals surface area contributed by atoms with E-state index in [0.29, 0.717) is 24.5 Å². The van der Waals surface area contributed by atoms with Crippen LogP contribution in [0.4, 0.5) is 0 Å². The Labute approximate surface area is 178 Å². The van der Waals surface area contributed by atoms with E-state index in [1.807, 2.05) is 54.6 Å². The fraction of sp³-hybridized carbons (Fsp3) is 0.269. The molecule has 1 N–H and O–H groups in total. The second-order valence-corrected chi connectivity index (χ2v) is 7.17. The van der Waals surface area contributed by atoms with Gasteiger partial charge in [-0.2, -0.15) is 0 Å². The molecule has 0 aliphatic carbocycles. The Morgan fingerprint density at radius 1 is 0.900 bits per heavy atom. The van der Waals surface area contributed by atoms with Crippen LogP contribution >= 0.6 is 0 Å². The number of carbonyl (C=O) groups excluding carboxylic acids is 1. The first-order valence-electron chi connectivity index (χ1n) is 10.4. The molecule has 0 radical (unpaired) electrons. The lowest BCUT2D eigenvalue weighted by molar-refractivity contribution is 0.0952. The van der Waals surface area contributed by atoms with Gasteiger partial charge in [0.05, 0.1) is 7.11 Å². The summed E-state index contributed by atoms with van der Waals surface area (Å²) < 4.78 is 11.4. The van der Waals surface area contributed by atoms with Crippen molar-refractivity contribution in [2.75, 3.05) is 13.7 Å². The number of hydrogen-bond donors (Lipinski definition) is 1. The van der Waals surface area contributed by atoms with Gasteiger partial charge in [-0.05, 0) is 47.9 Å². The third kappa shape index (κ3) is 5.86. The molecular formula is C26H29NO3. The summed E-state index contributed by atoms with van der Waals surface area (Å²) in [6, 6.07) is 23.7. The minimum absolute atomic E-state index is 0.0674. The summed E-state index contributed by atoms with van der Waals surface area (Å²) in [5.74, 6) is 1.41. The first-order valence-corrected chi connectivity index (χ1v) is 10.4. The number of unbranched alkanes of at least 4 members (excludes halogenated alkanes) is 2. The average molecular weight is 404 g/mol. The van der Waals surface area contributed by atoms with Crippen LogP contribution in [0, 0.1) is 0 Å². The lowest BCUT2D eigenvalue weighted by Crippen LogP contribution is -2.24. The van der Waals surface area contributed by atoms with Gasteiger partial charge in [-0.25, -0.2) is 0 Å². The topological polar surface area (TPSA) is 47.6 Å². The van der Waals surface area contributed by atoms with Crippen molar-refractivity contribution < 1.29 is 14.3 Å². The highest BCUT2D eigenvalue weighted by atomic mass is 16.5. The quantitative estimate of drug-likeness (QED) is 0.431. The number of rotatable bonds is 10. The first kappa shape index (κ1) is 21.4. The second-order valence-electron chi connectivity index (χ2n) is 7.17. The predicted molar refractivity (Wildman–Crippen MR) is 121 cm³/mol. The van der Waals surface area contributed by atoms with Gasteiger partial charge < -0.3 is 14.8 Å². The van der Waals surface area contributed by atoms with Gasteiger partial charge in [0.15, 0.2) is 0 Å². The molecule has 156 valence electrons. The van der Waals surface area contributed by atoms with Crippen LogP contribution in [0.5, 0.6) is 11.5 Å². The molecule has 0 saturated heterocycles. The van der Waals surface area contributed by atoms with Crippen molar-refractivity contribution in [3.05, 3.63) is 83.9 Å². The Kier molecular flexibility index (Phi) is 7.90. The number of methoxy groups -OCH3 is 1. The third-order valence-electron chi connectivity index (χ3n) is 4.96. The van der Waals surface area contributed by atoms with E-state index in [9.17, 15) is 4.79 Å². The summed E-state index contributed by atoms with van der Waals surface area (Å²) in [6.07, 6.45) is 3.24. The Balaban J connectivity index is 1.64. The van der Waals surface area contributed by atoms with E-state index in [2.05, 4.69) is 24.4 Å². The summed E-state index contributed by atoms with van der Waals surface area (Å²) in [6.45, 7) is 3.16. The maximum atomic E-state index is 12.4. The lowest BCUT2D eigenvalue weighted by Gasteiger charge is -2.13. The van der Waals surface area contributed by atoms with Crippen molar-refractivity contribution in [3.63, 3.8) is 0 Å². The van der Waals surface area contributed by atoms with Gasteiger partial charge in [0.25, 0.3) is 5.91 Å². The van der Waals surface area contributed by atoms with E-state index >= 15 is 0 Å². The Morgan fingerprint density at radius 3 is 2.33 bits per heavy atom. The Morgan fingerprint density at radius 2 is 1.63 bits per heavy atom.